The number of amides is 1. The summed E-state index contributed by atoms with van der Waals surface area (Å²) in [6, 6.07) is 10.3. The summed E-state index contributed by atoms with van der Waals surface area (Å²) in [5.74, 6) is 0.168. The van der Waals surface area contributed by atoms with Gasteiger partial charge in [-0.25, -0.2) is 0 Å². The van der Waals surface area contributed by atoms with Crippen LogP contribution in [0, 0.1) is 0 Å². The van der Waals surface area contributed by atoms with Crippen LogP contribution in [0.3, 0.4) is 0 Å². The molecule has 0 heterocycles. The van der Waals surface area contributed by atoms with Gasteiger partial charge < -0.3 is 5.32 Å². The number of carbonyl (C=O) groups excluding carboxylic acids is 1. The molecule has 0 aliphatic rings. The molecular formula is C15H22BrNO. The van der Waals surface area contributed by atoms with E-state index in [0.29, 0.717) is 11.2 Å². The van der Waals surface area contributed by atoms with Crippen molar-refractivity contribution in [3.8, 4) is 0 Å². The molecule has 0 saturated carbocycles. The Kier molecular flexibility index (Phi) is 7.74. The van der Waals surface area contributed by atoms with Crippen LogP contribution in [-0.2, 0) is 11.2 Å². The summed E-state index contributed by atoms with van der Waals surface area (Å²) in [7, 11) is 0. The Bertz CT molecular complexity index is 340. The normalized spacial score (nSPS) is 12.1. The first kappa shape index (κ1) is 15.2. The van der Waals surface area contributed by atoms with Gasteiger partial charge in [0.1, 0.15) is 0 Å². The fourth-order valence-corrected chi connectivity index (χ4v) is 1.99. The predicted molar refractivity (Wildman–Crippen MR) is 80.0 cm³/mol. The van der Waals surface area contributed by atoms with Gasteiger partial charge in [-0.1, -0.05) is 53.2 Å². The van der Waals surface area contributed by atoms with E-state index in [0.717, 1.165) is 32.2 Å². The van der Waals surface area contributed by atoms with Crippen molar-refractivity contribution in [2.45, 2.75) is 43.9 Å². The van der Waals surface area contributed by atoms with E-state index in [4.69, 9.17) is 0 Å². The first-order valence-corrected chi connectivity index (χ1v) is 7.58. The van der Waals surface area contributed by atoms with Gasteiger partial charge in [0.15, 0.2) is 0 Å². The molecule has 1 rings (SSSR count). The van der Waals surface area contributed by atoms with Crippen molar-refractivity contribution in [3.05, 3.63) is 35.9 Å². The van der Waals surface area contributed by atoms with Crippen molar-refractivity contribution >= 4 is 21.8 Å². The zero-order chi connectivity index (χ0) is 13.2. The molecule has 1 aromatic rings. The maximum absolute atomic E-state index is 11.6. The number of halogens is 1. The number of alkyl halides is 1. The third-order valence-electron chi connectivity index (χ3n) is 2.93. The Balaban J connectivity index is 2.07. The summed E-state index contributed by atoms with van der Waals surface area (Å²) in [6.45, 7) is 2.91. The average molecular weight is 312 g/mol. The lowest BCUT2D eigenvalue weighted by Crippen LogP contribution is -2.25. The molecule has 100 valence electrons. The number of nitrogens with one attached hydrogen (secondary N) is 1. The topological polar surface area (TPSA) is 29.1 Å². The van der Waals surface area contributed by atoms with E-state index in [1.807, 2.05) is 18.2 Å². The van der Waals surface area contributed by atoms with Gasteiger partial charge in [-0.15, -0.1) is 0 Å². The average Bonchev–Trinajstić information content (AvgIpc) is 2.39. The van der Waals surface area contributed by atoms with Crippen LogP contribution in [0.1, 0.15) is 38.2 Å². The summed E-state index contributed by atoms with van der Waals surface area (Å²) >= 11 is 3.56. The largest absolute Gasteiger partial charge is 0.356 e. The third kappa shape index (κ3) is 6.80. The lowest BCUT2D eigenvalue weighted by molar-refractivity contribution is -0.121. The van der Waals surface area contributed by atoms with Crippen LogP contribution in [0.2, 0.25) is 0 Å². The maximum atomic E-state index is 11.6. The fraction of sp³-hybridized carbons (Fsp3) is 0.533. The first-order valence-electron chi connectivity index (χ1n) is 6.67. The van der Waals surface area contributed by atoms with E-state index >= 15 is 0 Å². The highest BCUT2D eigenvalue weighted by molar-refractivity contribution is 9.09. The van der Waals surface area contributed by atoms with Crippen LogP contribution in [0.25, 0.3) is 0 Å². The second kappa shape index (κ2) is 9.15. The molecule has 0 radical (unpaired) electrons. The molecule has 0 aliphatic heterocycles. The van der Waals surface area contributed by atoms with E-state index in [-0.39, 0.29) is 5.91 Å². The lowest BCUT2D eigenvalue weighted by atomic mass is 10.1. The summed E-state index contributed by atoms with van der Waals surface area (Å²) in [5, 5.41) is 2.97. The molecule has 0 aliphatic carbocycles. The van der Waals surface area contributed by atoms with Crippen molar-refractivity contribution in [2.24, 2.45) is 0 Å². The van der Waals surface area contributed by atoms with Crippen molar-refractivity contribution in [2.75, 3.05) is 6.54 Å². The standard InChI is InChI=1S/C15H22BrNO/c1-2-14(16)11-12-17-15(18)10-6-9-13-7-4-3-5-8-13/h3-5,7-8,14H,2,6,9-12H2,1H3,(H,17,18). The van der Waals surface area contributed by atoms with Crippen molar-refractivity contribution < 1.29 is 4.79 Å². The maximum Gasteiger partial charge on any atom is 0.220 e. The summed E-state index contributed by atoms with van der Waals surface area (Å²) in [5.41, 5.74) is 1.30. The molecule has 1 aromatic carbocycles. The summed E-state index contributed by atoms with van der Waals surface area (Å²) in [6.07, 6.45) is 4.62. The third-order valence-corrected chi connectivity index (χ3v) is 4.04. The molecule has 0 spiro atoms. The van der Waals surface area contributed by atoms with E-state index in [1.54, 1.807) is 0 Å². The number of rotatable bonds is 8. The minimum atomic E-state index is 0.168. The number of aryl methyl sites for hydroxylation is 1. The minimum absolute atomic E-state index is 0.168. The molecule has 0 saturated heterocycles. The second-order valence-corrected chi connectivity index (χ2v) is 5.78. The van der Waals surface area contributed by atoms with Gasteiger partial charge in [0.05, 0.1) is 0 Å². The minimum Gasteiger partial charge on any atom is -0.356 e. The lowest BCUT2D eigenvalue weighted by Gasteiger charge is -2.08. The Labute approximate surface area is 118 Å². The summed E-state index contributed by atoms with van der Waals surface area (Å²) < 4.78 is 0. The molecule has 1 N–H and O–H groups in total. The van der Waals surface area contributed by atoms with Crippen LogP contribution in [0.15, 0.2) is 30.3 Å². The van der Waals surface area contributed by atoms with Gasteiger partial charge in [0.2, 0.25) is 5.91 Å². The molecule has 0 aromatic heterocycles. The fourth-order valence-electron chi connectivity index (χ4n) is 1.76. The van der Waals surface area contributed by atoms with Gasteiger partial charge in [-0.05, 0) is 31.2 Å². The SMILES string of the molecule is CCC(Br)CCNC(=O)CCCc1ccccc1. The molecule has 2 nitrogen and oxygen atoms in total. The number of carbonyl (C=O) groups is 1. The monoisotopic (exact) mass is 311 g/mol. The van der Waals surface area contributed by atoms with Crippen LogP contribution >= 0.6 is 15.9 Å². The number of hydrogen-bond donors (Lipinski definition) is 1. The molecule has 3 heteroatoms. The van der Waals surface area contributed by atoms with Gasteiger partial charge in [-0.2, -0.15) is 0 Å². The van der Waals surface area contributed by atoms with Crippen LogP contribution < -0.4 is 5.32 Å². The zero-order valence-corrected chi connectivity index (χ0v) is 12.6. The Hall–Kier alpha value is -0.830. The van der Waals surface area contributed by atoms with Crippen LogP contribution in [-0.4, -0.2) is 17.3 Å². The molecule has 1 atom stereocenters. The van der Waals surface area contributed by atoms with Crippen LogP contribution in [0.5, 0.6) is 0 Å². The Morgan fingerprint density at radius 3 is 2.72 bits per heavy atom. The van der Waals surface area contributed by atoms with Gasteiger partial charge in [-0.3, -0.25) is 4.79 Å². The predicted octanol–water partition coefficient (Wildman–Crippen LogP) is 3.69. The van der Waals surface area contributed by atoms with E-state index in [2.05, 4.69) is 40.3 Å². The second-order valence-electron chi connectivity index (χ2n) is 4.48. The van der Waals surface area contributed by atoms with Crippen LogP contribution in [0.4, 0.5) is 0 Å². The zero-order valence-electron chi connectivity index (χ0n) is 11.0. The van der Waals surface area contributed by atoms with E-state index in [1.165, 1.54) is 5.56 Å². The number of benzene rings is 1. The first-order chi connectivity index (χ1) is 8.72. The Morgan fingerprint density at radius 2 is 2.06 bits per heavy atom. The smallest absolute Gasteiger partial charge is 0.220 e. The number of hydrogen-bond acceptors (Lipinski definition) is 1. The van der Waals surface area contributed by atoms with E-state index < -0.39 is 0 Å². The Morgan fingerprint density at radius 1 is 1.33 bits per heavy atom. The van der Waals surface area contributed by atoms with Gasteiger partial charge in [0, 0.05) is 17.8 Å². The molecule has 1 amide bonds. The highest BCUT2D eigenvalue weighted by Crippen LogP contribution is 2.08. The molecule has 18 heavy (non-hydrogen) atoms. The summed E-state index contributed by atoms with van der Waals surface area (Å²) in [4.78, 5) is 12.1. The molecule has 0 bridgehead atoms. The van der Waals surface area contributed by atoms with E-state index in [9.17, 15) is 4.79 Å². The molecular weight excluding hydrogens is 290 g/mol. The van der Waals surface area contributed by atoms with Crippen molar-refractivity contribution in [1.29, 1.82) is 0 Å². The van der Waals surface area contributed by atoms with Crippen molar-refractivity contribution in [1.82, 2.24) is 5.32 Å². The highest BCUT2D eigenvalue weighted by atomic mass is 79.9. The van der Waals surface area contributed by atoms with Gasteiger partial charge >= 0.3 is 0 Å². The van der Waals surface area contributed by atoms with Gasteiger partial charge in [0.25, 0.3) is 0 Å². The molecule has 0 fully saturated rings. The quantitative estimate of drug-likeness (QED) is 0.729. The molecule has 1 unspecified atom stereocenters. The highest BCUT2D eigenvalue weighted by Gasteiger charge is 2.03. The van der Waals surface area contributed by atoms with Crippen molar-refractivity contribution in [3.63, 3.8) is 0 Å².